The Morgan fingerprint density at radius 2 is 1.63 bits per heavy atom. The summed E-state index contributed by atoms with van der Waals surface area (Å²) in [4.78, 5) is 8.17. The van der Waals surface area contributed by atoms with E-state index in [1.54, 1.807) is 0 Å². The zero-order valence-electron chi connectivity index (χ0n) is 16.4. The first-order chi connectivity index (χ1) is 12.7. The summed E-state index contributed by atoms with van der Waals surface area (Å²) in [7, 11) is 4.17. The normalized spacial score (nSPS) is 11.2. The molecule has 148 valence electrons. The van der Waals surface area contributed by atoms with Gasteiger partial charge in [0.25, 0.3) is 0 Å². The summed E-state index contributed by atoms with van der Waals surface area (Å²) in [5, 5.41) is 6.72. The number of rotatable bonds is 9. The lowest BCUT2D eigenvalue weighted by Crippen LogP contribution is -2.38. The van der Waals surface area contributed by atoms with Crippen molar-refractivity contribution in [3.63, 3.8) is 0 Å². The van der Waals surface area contributed by atoms with E-state index < -0.39 is 0 Å². The molecule has 0 spiro atoms. The molecule has 0 amide bonds. The summed E-state index contributed by atoms with van der Waals surface area (Å²) in [6.45, 7) is 5.48. The maximum atomic E-state index is 4.69. The first kappa shape index (κ1) is 23.8. The molecule has 0 unspecified atom stereocenters. The van der Waals surface area contributed by atoms with Crippen molar-refractivity contribution in [2.45, 2.75) is 24.9 Å². The number of aliphatic imine (C=N–C) groups is 1. The second kappa shape index (κ2) is 13.8. The van der Waals surface area contributed by atoms with E-state index in [9.17, 15) is 0 Å². The predicted molar refractivity (Wildman–Crippen MR) is 129 cm³/mol. The predicted octanol–water partition coefficient (Wildman–Crippen LogP) is 4.21. The molecule has 0 heterocycles. The summed E-state index contributed by atoms with van der Waals surface area (Å²) >= 11 is 1.85. The van der Waals surface area contributed by atoms with Gasteiger partial charge in [-0.25, -0.2) is 4.99 Å². The third kappa shape index (κ3) is 10.0. The molecule has 2 aromatic rings. The van der Waals surface area contributed by atoms with Crippen LogP contribution >= 0.6 is 35.7 Å². The number of nitrogens with one attached hydrogen (secondary N) is 2. The maximum Gasteiger partial charge on any atom is 0.191 e. The monoisotopic (exact) mass is 498 g/mol. The van der Waals surface area contributed by atoms with Gasteiger partial charge in [-0.15, -0.1) is 35.7 Å². The van der Waals surface area contributed by atoms with Crippen LogP contribution in [0.5, 0.6) is 0 Å². The fourth-order valence-corrected chi connectivity index (χ4v) is 3.27. The molecule has 2 N–H and O–H groups in total. The highest BCUT2D eigenvalue weighted by Crippen LogP contribution is 2.15. The van der Waals surface area contributed by atoms with Crippen molar-refractivity contribution in [3.05, 3.63) is 65.7 Å². The minimum Gasteiger partial charge on any atom is -0.357 e. The van der Waals surface area contributed by atoms with Gasteiger partial charge in [0.1, 0.15) is 0 Å². The molecule has 0 atom stereocenters. The topological polar surface area (TPSA) is 39.7 Å². The molecule has 4 nitrogen and oxygen atoms in total. The van der Waals surface area contributed by atoms with Crippen LogP contribution in [0.2, 0.25) is 0 Å². The standard InChI is InChI=1S/C21H30N4S.HI/c1-4-22-21(23-14-15-26-20-8-6-5-7-9-20)24-16-18-10-12-19(13-11-18)17-25(2)3;/h5-13H,4,14-17H2,1-3H3,(H2,22,23,24);1H. The van der Waals surface area contributed by atoms with Crippen molar-refractivity contribution < 1.29 is 0 Å². The van der Waals surface area contributed by atoms with Gasteiger partial charge in [0.2, 0.25) is 0 Å². The third-order valence-electron chi connectivity index (χ3n) is 3.69. The van der Waals surface area contributed by atoms with Crippen LogP contribution in [0.1, 0.15) is 18.1 Å². The molecule has 27 heavy (non-hydrogen) atoms. The van der Waals surface area contributed by atoms with Crippen LogP contribution in [-0.4, -0.2) is 43.8 Å². The van der Waals surface area contributed by atoms with Crippen molar-refractivity contribution in [3.8, 4) is 0 Å². The molecule has 0 aliphatic carbocycles. The Morgan fingerprint density at radius 1 is 0.963 bits per heavy atom. The zero-order valence-corrected chi connectivity index (χ0v) is 19.6. The van der Waals surface area contributed by atoms with Gasteiger partial charge >= 0.3 is 0 Å². The van der Waals surface area contributed by atoms with Gasteiger partial charge in [-0.3, -0.25) is 0 Å². The van der Waals surface area contributed by atoms with Crippen LogP contribution in [0.25, 0.3) is 0 Å². The molecule has 0 saturated heterocycles. The summed E-state index contributed by atoms with van der Waals surface area (Å²) < 4.78 is 0. The van der Waals surface area contributed by atoms with Crippen molar-refractivity contribution >= 4 is 41.7 Å². The second-order valence-corrected chi connectivity index (χ2v) is 7.51. The van der Waals surface area contributed by atoms with Crippen LogP contribution in [0.3, 0.4) is 0 Å². The number of halogens is 1. The lowest BCUT2D eigenvalue weighted by atomic mass is 10.1. The number of nitrogens with zero attached hydrogens (tertiary/aromatic N) is 2. The number of benzene rings is 2. The van der Waals surface area contributed by atoms with E-state index in [-0.39, 0.29) is 24.0 Å². The van der Waals surface area contributed by atoms with Gasteiger partial charge in [0, 0.05) is 30.3 Å². The highest BCUT2D eigenvalue weighted by molar-refractivity contribution is 14.0. The molecule has 0 bridgehead atoms. The maximum absolute atomic E-state index is 4.69. The zero-order chi connectivity index (χ0) is 18.6. The van der Waals surface area contributed by atoms with Gasteiger partial charge in [0.05, 0.1) is 6.54 Å². The van der Waals surface area contributed by atoms with E-state index in [4.69, 9.17) is 4.99 Å². The van der Waals surface area contributed by atoms with E-state index in [0.29, 0.717) is 6.54 Å². The molecule has 2 rings (SSSR count). The smallest absolute Gasteiger partial charge is 0.191 e. The number of thioether (sulfide) groups is 1. The van der Waals surface area contributed by atoms with Gasteiger partial charge in [0.15, 0.2) is 5.96 Å². The van der Waals surface area contributed by atoms with Crippen molar-refractivity contribution in [1.29, 1.82) is 0 Å². The largest absolute Gasteiger partial charge is 0.357 e. The van der Waals surface area contributed by atoms with Gasteiger partial charge in [-0.1, -0.05) is 42.5 Å². The average molecular weight is 498 g/mol. The summed E-state index contributed by atoms with van der Waals surface area (Å²) in [5.74, 6) is 1.88. The van der Waals surface area contributed by atoms with E-state index in [1.807, 2.05) is 17.8 Å². The first-order valence-electron chi connectivity index (χ1n) is 9.10. The fraction of sp³-hybridized carbons (Fsp3) is 0.381. The molecule has 2 aromatic carbocycles. The SMILES string of the molecule is CCNC(=NCc1ccc(CN(C)C)cc1)NCCSc1ccccc1.I. The van der Waals surface area contributed by atoms with E-state index in [1.165, 1.54) is 16.0 Å². The van der Waals surface area contributed by atoms with Crippen LogP contribution in [0.4, 0.5) is 0 Å². The summed E-state index contributed by atoms with van der Waals surface area (Å²) in [5.41, 5.74) is 2.55. The second-order valence-electron chi connectivity index (χ2n) is 6.34. The van der Waals surface area contributed by atoms with Gasteiger partial charge < -0.3 is 15.5 Å². The molecule has 0 aliphatic rings. The van der Waals surface area contributed by atoms with Crippen LogP contribution in [0.15, 0.2) is 64.5 Å². The van der Waals surface area contributed by atoms with E-state index in [2.05, 4.69) is 85.1 Å². The van der Waals surface area contributed by atoms with Crippen molar-refractivity contribution in [2.75, 3.05) is 32.9 Å². The molecule has 0 saturated carbocycles. The minimum absolute atomic E-state index is 0. The summed E-state index contributed by atoms with van der Waals surface area (Å²) in [6.07, 6.45) is 0. The summed E-state index contributed by atoms with van der Waals surface area (Å²) in [6, 6.07) is 19.2. The lowest BCUT2D eigenvalue weighted by molar-refractivity contribution is 0.402. The Hall–Kier alpha value is -1.25. The van der Waals surface area contributed by atoms with Crippen LogP contribution < -0.4 is 10.6 Å². The molecule has 0 aromatic heterocycles. The Morgan fingerprint density at radius 3 is 2.26 bits per heavy atom. The van der Waals surface area contributed by atoms with Crippen LogP contribution in [0, 0.1) is 0 Å². The highest BCUT2D eigenvalue weighted by atomic mass is 127. The molecule has 0 radical (unpaired) electrons. The highest BCUT2D eigenvalue weighted by Gasteiger charge is 2.00. The Kier molecular flexibility index (Phi) is 12.2. The minimum atomic E-state index is 0. The first-order valence-corrected chi connectivity index (χ1v) is 10.1. The number of hydrogen-bond donors (Lipinski definition) is 2. The lowest BCUT2D eigenvalue weighted by Gasteiger charge is -2.12. The Balaban J connectivity index is 0.00000364. The Labute approximate surface area is 185 Å². The number of hydrogen-bond acceptors (Lipinski definition) is 3. The molecule has 0 fully saturated rings. The van der Waals surface area contributed by atoms with E-state index in [0.717, 1.165) is 31.3 Å². The van der Waals surface area contributed by atoms with Gasteiger partial charge in [-0.2, -0.15) is 0 Å². The van der Waals surface area contributed by atoms with Crippen molar-refractivity contribution in [2.24, 2.45) is 4.99 Å². The fourth-order valence-electron chi connectivity index (χ4n) is 2.48. The van der Waals surface area contributed by atoms with Gasteiger partial charge in [-0.05, 0) is 44.3 Å². The molecular formula is C21H31IN4S. The molecular weight excluding hydrogens is 467 g/mol. The molecule has 0 aliphatic heterocycles. The Bertz CT molecular complexity index is 660. The third-order valence-corrected chi connectivity index (χ3v) is 4.71. The number of guanidine groups is 1. The average Bonchev–Trinajstić information content (AvgIpc) is 2.64. The van der Waals surface area contributed by atoms with Crippen LogP contribution in [-0.2, 0) is 13.1 Å². The van der Waals surface area contributed by atoms with Crippen molar-refractivity contribution in [1.82, 2.24) is 15.5 Å². The molecule has 6 heteroatoms. The van der Waals surface area contributed by atoms with E-state index >= 15 is 0 Å². The quantitative estimate of drug-likeness (QED) is 0.179.